The number of hydrogen-bond acceptors (Lipinski definition) is 3. The summed E-state index contributed by atoms with van der Waals surface area (Å²) in [4.78, 5) is 18.4. The van der Waals surface area contributed by atoms with E-state index in [0.717, 1.165) is 38.2 Å². The second kappa shape index (κ2) is 9.34. The molecule has 0 bridgehead atoms. The fourth-order valence-corrected chi connectivity index (χ4v) is 4.80. The van der Waals surface area contributed by atoms with Crippen LogP contribution in [0.25, 0.3) is 0 Å². The lowest BCUT2D eigenvalue weighted by Crippen LogP contribution is -2.61. The Morgan fingerprint density at radius 3 is 2.43 bits per heavy atom. The zero-order valence-corrected chi connectivity index (χ0v) is 18.3. The number of carbonyl (C=O) groups is 1. The third-order valence-corrected chi connectivity index (χ3v) is 6.56. The van der Waals surface area contributed by atoms with Crippen molar-refractivity contribution in [1.82, 2.24) is 9.80 Å². The molecule has 2 aromatic carbocycles. The first-order chi connectivity index (χ1) is 13.1. The van der Waals surface area contributed by atoms with Gasteiger partial charge in [0.25, 0.3) is 0 Å². The van der Waals surface area contributed by atoms with Crippen LogP contribution in [0.2, 0.25) is 0 Å². The molecule has 1 amide bonds. The summed E-state index contributed by atoms with van der Waals surface area (Å²) in [5, 5.41) is 0.581. The van der Waals surface area contributed by atoms with Crippen molar-refractivity contribution in [1.29, 1.82) is 0 Å². The smallest absolute Gasteiger partial charge is 0.227 e. The first kappa shape index (κ1) is 21.2. The molecule has 1 fully saturated rings. The average Bonchev–Trinajstić information content (AvgIpc) is 2.61. The highest BCUT2D eigenvalue weighted by Crippen LogP contribution is 2.26. The molecular formula is C23H29ClN2OS. The summed E-state index contributed by atoms with van der Waals surface area (Å²) in [5.41, 5.74) is 4.05. The minimum absolute atomic E-state index is 0. The number of rotatable bonds is 5. The molecule has 2 aromatic rings. The number of likely N-dealkylation sites (tertiary alicyclic amines) is 1. The van der Waals surface area contributed by atoms with Crippen LogP contribution in [0.15, 0.2) is 53.4 Å². The van der Waals surface area contributed by atoms with Gasteiger partial charge in [-0.05, 0) is 35.2 Å². The maximum atomic E-state index is 12.6. The molecule has 5 heteroatoms. The third-order valence-electron chi connectivity index (χ3n) is 5.54. The first-order valence-corrected chi connectivity index (χ1v) is 10.8. The van der Waals surface area contributed by atoms with Crippen LogP contribution in [-0.2, 0) is 24.2 Å². The summed E-state index contributed by atoms with van der Waals surface area (Å²) in [7, 11) is 0. The highest BCUT2D eigenvalue weighted by molar-refractivity contribution is 7.99. The van der Waals surface area contributed by atoms with E-state index in [1.807, 2.05) is 16.7 Å². The fraction of sp³-hybridized carbons (Fsp3) is 0.435. The Bertz CT molecular complexity index is 803. The predicted octanol–water partition coefficient (Wildman–Crippen LogP) is 4.42. The normalized spacial score (nSPS) is 17.0. The van der Waals surface area contributed by atoms with Gasteiger partial charge < -0.3 is 4.90 Å². The van der Waals surface area contributed by atoms with Crippen LogP contribution in [-0.4, -0.2) is 46.6 Å². The minimum Gasteiger partial charge on any atom is -0.339 e. The van der Waals surface area contributed by atoms with Gasteiger partial charge in [-0.2, -0.15) is 0 Å². The van der Waals surface area contributed by atoms with E-state index in [2.05, 4.69) is 67.3 Å². The van der Waals surface area contributed by atoms with Crippen LogP contribution in [0.4, 0.5) is 0 Å². The molecule has 0 radical (unpaired) electrons. The number of nitrogens with zero attached hydrogens (tertiary/aromatic N) is 2. The summed E-state index contributed by atoms with van der Waals surface area (Å²) in [5.74, 6) is 0.257. The molecule has 150 valence electrons. The number of benzene rings is 2. The Hall–Kier alpha value is -1.49. The van der Waals surface area contributed by atoms with E-state index < -0.39 is 0 Å². The lowest BCUT2D eigenvalue weighted by molar-refractivity contribution is -0.138. The highest BCUT2D eigenvalue weighted by Gasteiger charge is 2.35. The molecule has 3 nitrogen and oxygen atoms in total. The van der Waals surface area contributed by atoms with Crippen molar-refractivity contribution in [3.05, 3.63) is 65.2 Å². The minimum atomic E-state index is 0. The van der Waals surface area contributed by atoms with Crippen molar-refractivity contribution >= 4 is 30.1 Å². The van der Waals surface area contributed by atoms with E-state index in [0.29, 0.717) is 17.7 Å². The van der Waals surface area contributed by atoms with E-state index in [1.165, 1.54) is 16.0 Å². The molecular weight excluding hydrogens is 388 g/mol. The molecule has 1 saturated heterocycles. The topological polar surface area (TPSA) is 23.6 Å². The van der Waals surface area contributed by atoms with Gasteiger partial charge in [-0.1, -0.05) is 50.2 Å². The summed E-state index contributed by atoms with van der Waals surface area (Å²) in [6.45, 7) is 8.29. The number of hydrogen-bond donors (Lipinski definition) is 0. The molecule has 0 N–H and O–H groups in total. The molecule has 4 rings (SSSR count). The Kier molecular flexibility index (Phi) is 7.08. The van der Waals surface area contributed by atoms with Crippen molar-refractivity contribution in [2.75, 3.05) is 19.6 Å². The van der Waals surface area contributed by atoms with Crippen molar-refractivity contribution < 1.29 is 4.79 Å². The van der Waals surface area contributed by atoms with E-state index in [9.17, 15) is 4.79 Å². The van der Waals surface area contributed by atoms with Gasteiger partial charge in [0, 0.05) is 42.4 Å². The van der Waals surface area contributed by atoms with Crippen LogP contribution in [0.3, 0.4) is 0 Å². The van der Waals surface area contributed by atoms with Gasteiger partial charge in [0.15, 0.2) is 0 Å². The zero-order chi connectivity index (χ0) is 18.8. The Balaban J connectivity index is 0.00000225. The largest absolute Gasteiger partial charge is 0.339 e. The highest BCUT2D eigenvalue weighted by atomic mass is 35.5. The van der Waals surface area contributed by atoms with Gasteiger partial charge in [0.05, 0.1) is 6.42 Å². The van der Waals surface area contributed by atoms with Gasteiger partial charge >= 0.3 is 0 Å². The van der Waals surface area contributed by atoms with Crippen LogP contribution in [0.5, 0.6) is 0 Å². The fourth-order valence-electron chi connectivity index (χ4n) is 3.96. The van der Waals surface area contributed by atoms with Crippen LogP contribution >= 0.6 is 24.2 Å². The predicted molar refractivity (Wildman–Crippen MR) is 119 cm³/mol. The van der Waals surface area contributed by atoms with E-state index in [4.69, 9.17) is 0 Å². The van der Waals surface area contributed by atoms with Crippen LogP contribution in [0.1, 0.15) is 30.5 Å². The van der Waals surface area contributed by atoms with Gasteiger partial charge in [0.2, 0.25) is 5.91 Å². The maximum Gasteiger partial charge on any atom is 0.227 e. The van der Waals surface area contributed by atoms with Gasteiger partial charge in [-0.15, -0.1) is 24.2 Å². The molecule has 2 aliphatic heterocycles. The molecule has 0 aromatic heterocycles. The van der Waals surface area contributed by atoms with Crippen molar-refractivity contribution in [2.24, 2.45) is 0 Å². The number of thioether (sulfide) groups is 1. The van der Waals surface area contributed by atoms with E-state index in [-0.39, 0.29) is 18.3 Å². The van der Waals surface area contributed by atoms with Crippen LogP contribution < -0.4 is 0 Å². The Labute approximate surface area is 178 Å². The van der Waals surface area contributed by atoms with Crippen molar-refractivity contribution in [3.8, 4) is 0 Å². The standard InChI is InChI=1S/C23H28N2OS.ClH/c1-17(2)27-22-9-7-18(8-10-22)13-23(26)25-15-21(16-25)24-12-11-19-5-3-4-6-20(19)14-24;/h3-10,17,21H,11-16H2,1-2H3;1H. The van der Waals surface area contributed by atoms with Crippen molar-refractivity contribution in [2.45, 2.75) is 49.4 Å². The Morgan fingerprint density at radius 1 is 1.07 bits per heavy atom. The molecule has 0 unspecified atom stereocenters. The molecule has 0 atom stereocenters. The Morgan fingerprint density at radius 2 is 1.75 bits per heavy atom. The molecule has 0 saturated carbocycles. The number of amides is 1. The second-order valence-electron chi connectivity index (χ2n) is 7.93. The molecule has 2 aliphatic rings. The first-order valence-electron chi connectivity index (χ1n) is 9.92. The molecule has 2 heterocycles. The SMILES string of the molecule is CC(C)Sc1ccc(CC(=O)N2CC(N3CCc4ccccc4C3)C2)cc1.Cl. The summed E-state index contributed by atoms with van der Waals surface area (Å²) >= 11 is 1.86. The van der Waals surface area contributed by atoms with Gasteiger partial charge in [0.1, 0.15) is 0 Å². The average molecular weight is 417 g/mol. The lowest BCUT2D eigenvalue weighted by atomic mass is 9.96. The zero-order valence-electron chi connectivity index (χ0n) is 16.6. The molecule has 28 heavy (non-hydrogen) atoms. The number of halogens is 1. The van der Waals surface area contributed by atoms with Gasteiger partial charge in [-0.3, -0.25) is 9.69 Å². The quantitative estimate of drug-likeness (QED) is 0.674. The summed E-state index contributed by atoms with van der Waals surface area (Å²) in [6, 6.07) is 17.7. The van der Waals surface area contributed by atoms with E-state index in [1.54, 1.807) is 0 Å². The summed E-state index contributed by atoms with van der Waals surface area (Å²) < 4.78 is 0. The van der Waals surface area contributed by atoms with E-state index >= 15 is 0 Å². The molecule has 0 aliphatic carbocycles. The molecule has 0 spiro atoms. The number of fused-ring (bicyclic) bond motifs is 1. The van der Waals surface area contributed by atoms with Gasteiger partial charge in [-0.25, -0.2) is 0 Å². The summed E-state index contributed by atoms with van der Waals surface area (Å²) in [6.07, 6.45) is 1.64. The van der Waals surface area contributed by atoms with Crippen LogP contribution in [0, 0.1) is 0 Å². The monoisotopic (exact) mass is 416 g/mol. The lowest BCUT2D eigenvalue weighted by Gasteiger charge is -2.47. The van der Waals surface area contributed by atoms with Crippen molar-refractivity contribution in [3.63, 3.8) is 0 Å². The second-order valence-corrected chi connectivity index (χ2v) is 9.58. The third kappa shape index (κ3) is 4.91. The maximum absolute atomic E-state index is 12.6. The number of carbonyl (C=O) groups excluding carboxylic acids is 1.